The van der Waals surface area contributed by atoms with Gasteiger partial charge in [0.25, 0.3) is 0 Å². The van der Waals surface area contributed by atoms with E-state index in [-0.39, 0.29) is 5.91 Å². The Labute approximate surface area is 127 Å². The number of hydrogen-bond donors (Lipinski definition) is 0. The van der Waals surface area contributed by atoms with Gasteiger partial charge in [-0.25, -0.2) is 0 Å². The highest BCUT2D eigenvalue weighted by Crippen LogP contribution is 2.32. The van der Waals surface area contributed by atoms with Crippen LogP contribution in [0.15, 0.2) is 29.4 Å². The molecule has 0 atom stereocenters. The van der Waals surface area contributed by atoms with E-state index in [1.807, 2.05) is 6.92 Å². The third kappa shape index (κ3) is 3.58. The predicted molar refractivity (Wildman–Crippen MR) is 78.5 cm³/mol. The first kappa shape index (κ1) is 16.3. The molecule has 4 nitrogen and oxygen atoms in total. The summed E-state index contributed by atoms with van der Waals surface area (Å²) in [5, 5.41) is 5.82. The van der Waals surface area contributed by atoms with Gasteiger partial charge in [-0.3, -0.25) is 14.7 Å². The first-order valence-electron chi connectivity index (χ1n) is 7.13. The van der Waals surface area contributed by atoms with Crippen LogP contribution in [0.5, 0.6) is 0 Å². The molecule has 0 saturated carbocycles. The number of anilines is 1. The van der Waals surface area contributed by atoms with Crippen LogP contribution in [-0.2, 0) is 11.0 Å². The van der Waals surface area contributed by atoms with Gasteiger partial charge in [-0.1, -0.05) is 13.0 Å². The summed E-state index contributed by atoms with van der Waals surface area (Å²) in [6.07, 6.45) is -3.05. The summed E-state index contributed by atoms with van der Waals surface area (Å²) in [7, 11) is 0. The minimum atomic E-state index is -4.38. The molecular formula is C15H18F3N3O. The van der Waals surface area contributed by atoms with Gasteiger partial charge in [0.1, 0.15) is 5.84 Å². The summed E-state index contributed by atoms with van der Waals surface area (Å²) < 4.78 is 38.3. The highest BCUT2D eigenvalue weighted by Gasteiger charge is 2.31. The lowest BCUT2D eigenvalue weighted by atomic mass is 10.2. The number of amides is 1. The van der Waals surface area contributed by atoms with Crippen molar-refractivity contribution in [2.24, 2.45) is 5.10 Å². The lowest BCUT2D eigenvalue weighted by Gasteiger charge is -2.19. The van der Waals surface area contributed by atoms with Crippen molar-refractivity contribution in [3.05, 3.63) is 29.8 Å². The second-order valence-electron chi connectivity index (χ2n) is 5.11. The molecule has 0 bridgehead atoms. The summed E-state index contributed by atoms with van der Waals surface area (Å²) in [6.45, 7) is 4.44. The van der Waals surface area contributed by atoms with Crippen molar-refractivity contribution < 1.29 is 18.0 Å². The highest BCUT2D eigenvalue weighted by molar-refractivity contribution is 5.99. The zero-order chi connectivity index (χ0) is 16.3. The maximum atomic E-state index is 12.8. The van der Waals surface area contributed by atoms with Crippen LogP contribution in [-0.4, -0.2) is 29.7 Å². The van der Waals surface area contributed by atoms with E-state index < -0.39 is 11.7 Å². The number of hydrogen-bond acceptors (Lipinski definition) is 3. The minimum Gasteiger partial charge on any atom is -0.299 e. The average molecular weight is 313 g/mol. The number of nitrogens with zero attached hydrogens (tertiary/aromatic N) is 3. The van der Waals surface area contributed by atoms with Gasteiger partial charge in [-0.15, -0.1) is 0 Å². The predicted octanol–water partition coefficient (Wildman–Crippen LogP) is 3.49. The molecule has 0 radical (unpaired) electrons. The Morgan fingerprint density at radius 1 is 1.41 bits per heavy atom. The largest absolute Gasteiger partial charge is 0.416 e. The Balaban J connectivity index is 2.23. The van der Waals surface area contributed by atoms with Crippen molar-refractivity contribution in [1.82, 2.24) is 4.90 Å². The Kier molecular flexibility index (Phi) is 4.73. The van der Waals surface area contributed by atoms with Crippen LogP contribution >= 0.6 is 0 Å². The van der Waals surface area contributed by atoms with Gasteiger partial charge in [-0.2, -0.15) is 18.3 Å². The van der Waals surface area contributed by atoms with E-state index in [0.29, 0.717) is 31.0 Å². The van der Waals surface area contributed by atoms with Crippen LogP contribution in [0, 0.1) is 0 Å². The molecule has 0 unspecified atom stereocenters. The molecule has 0 spiro atoms. The fraction of sp³-hybridized carbons (Fsp3) is 0.467. The molecule has 0 fully saturated rings. The monoisotopic (exact) mass is 313 g/mol. The summed E-state index contributed by atoms with van der Waals surface area (Å²) in [5.41, 5.74) is -0.324. The number of rotatable bonds is 3. The molecule has 120 valence electrons. The maximum absolute atomic E-state index is 12.8. The van der Waals surface area contributed by atoms with Gasteiger partial charge >= 0.3 is 6.18 Å². The third-order valence-corrected chi connectivity index (χ3v) is 3.39. The molecule has 1 aromatic rings. The topological polar surface area (TPSA) is 35.9 Å². The van der Waals surface area contributed by atoms with Crippen molar-refractivity contribution in [1.29, 1.82) is 0 Å². The fourth-order valence-electron chi connectivity index (χ4n) is 2.36. The Hall–Kier alpha value is -2.05. The fourth-order valence-corrected chi connectivity index (χ4v) is 2.36. The smallest absolute Gasteiger partial charge is 0.299 e. The van der Waals surface area contributed by atoms with Crippen molar-refractivity contribution in [2.75, 3.05) is 18.1 Å². The van der Waals surface area contributed by atoms with Crippen molar-refractivity contribution in [2.45, 2.75) is 32.9 Å². The van der Waals surface area contributed by atoms with Gasteiger partial charge < -0.3 is 0 Å². The second kappa shape index (κ2) is 6.37. The number of carbonyl (C=O) groups is 1. The van der Waals surface area contributed by atoms with E-state index in [1.54, 1.807) is 11.0 Å². The zero-order valence-electron chi connectivity index (χ0n) is 12.5. The van der Waals surface area contributed by atoms with Crippen LogP contribution in [0.2, 0.25) is 0 Å². The molecule has 1 aliphatic heterocycles. The summed E-state index contributed by atoms with van der Waals surface area (Å²) in [6, 6.07) is 5.05. The minimum absolute atomic E-state index is 0.105. The van der Waals surface area contributed by atoms with E-state index in [0.717, 1.165) is 18.6 Å². The van der Waals surface area contributed by atoms with Gasteiger partial charge in [-0.05, 0) is 24.6 Å². The molecule has 2 rings (SSSR count). The van der Waals surface area contributed by atoms with Crippen molar-refractivity contribution in [3.63, 3.8) is 0 Å². The molecule has 0 aliphatic carbocycles. The van der Waals surface area contributed by atoms with Gasteiger partial charge in [0.15, 0.2) is 0 Å². The molecule has 22 heavy (non-hydrogen) atoms. The van der Waals surface area contributed by atoms with E-state index in [1.165, 1.54) is 18.0 Å². The van der Waals surface area contributed by atoms with Crippen LogP contribution in [0.1, 0.15) is 32.3 Å². The molecule has 0 aromatic heterocycles. The quantitative estimate of drug-likeness (QED) is 0.856. The van der Waals surface area contributed by atoms with E-state index in [9.17, 15) is 18.0 Å². The molecule has 0 saturated heterocycles. The molecule has 7 heteroatoms. The summed E-state index contributed by atoms with van der Waals surface area (Å²) in [4.78, 5) is 13.2. The molecule has 1 amide bonds. The second-order valence-corrected chi connectivity index (χ2v) is 5.11. The van der Waals surface area contributed by atoms with Crippen LogP contribution in [0.3, 0.4) is 0 Å². The number of hydrazone groups is 1. The third-order valence-electron chi connectivity index (χ3n) is 3.39. The number of benzene rings is 1. The SMILES string of the molecule is CCCN(C(C)=O)C1=NN(c2cccc(C(F)(F)F)c2)CC1. The number of alkyl halides is 3. The van der Waals surface area contributed by atoms with E-state index in [4.69, 9.17) is 0 Å². The molecule has 1 aromatic carbocycles. The number of halogens is 3. The van der Waals surface area contributed by atoms with Crippen LogP contribution in [0.25, 0.3) is 0 Å². The summed E-state index contributed by atoms with van der Waals surface area (Å²) in [5.74, 6) is 0.498. The Morgan fingerprint density at radius 2 is 2.14 bits per heavy atom. The van der Waals surface area contributed by atoms with Crippen molar-refractivity contribution in [3.8, 4) is 0 Å². The number of amidine groups is 1. The van der Waals surface area contributed by atoms with Gasteiger partial charge in [0, 0.05) is 26.4 Å². The lowest BCUT2D eigenvalue weighted by molar-refractivity contribution is -0.137. The average Bonchev–Trinajstić information content (AvgIpc) is 2.93. The van der Waals surface area contributed by atoms with Gasteiger partial charge in [0.05, 0.1) is 11.3 Å². The summed E-state index contributed by atoms with van der Waals surface area (Å²) >= 11 is 0. The zero-order valence-corrected chi connectivity index (χ0v) is 12.5. The Bertz CT molecular complexity index is 584. The van der Waals surface area contributed by atoms with Crippen LogP contribution < -0.4 is 5.01 Å². The number of carbonyl (C=O) groups excluding carboxylic acids is 1. The normalized spacial score (nSPS) is 15.0. The van der Waals surface area contributed by atoms with Crippen LogP contribution in [0.4, 0.5) is 18.9 Å². The van der Waals surface area contributed by atoms with E-state index >= 15 is 0 Å². The maximum Gasteiger partial charge on any atom is 0.416 e. The molecule has 1 heterocycles. The lowest BCUT2D eigenvalue weighted by Crippen LogP contribution is -2.34. The highest BCUT2D eigenvalue weighted by atomic mass is 19.4. The first-order valence-corrected chi connectivity index (χ1v) is 7.13. The van der Waals surface area contributed by atoms with Crippen molar-refractivity contribution >= 4 is 17.4 Å². The molecule has 1 aliphatic rings. The van der Waals surface area contributed by atoms with Gasteiger partial charge in [0.2, 0.25) is 5.91 Å². The Morgan fingerprint density at radius 3 is 2.73 bits per heavy atom. The molecular weight excluding hydrogens is 295 g/mol. The van der Waals surface area contributed by atoms with E-state index in [2.05, 4.69) is 5.10 Å². The molecule has 0 N–H and O–H groups in total. The standard InChI is InChI=1S/C15H18F3N3O/c1-3-8-20(11(2)22)14-7-9-21(19-14)13-6-4-5-12(10-13)15(16,17)18/h4-6,10H,3,7-9H2,1-2H3. The first-order chi connectivity index (χ1) is 10.3.